The lowest BCUT2D eigenvalue weighted by Gasteiger charge is -2.44. The summed E-state index contributed by atoms with van der Waals surface area (Å²) in [6.45, 7) is 1.75. The van der Waals surface area contributed by atoms with Gasteiger partial charge in [0.2, 0.25) is 5.78 Å². The SMILES string of the molecule is COc1cccc2c1C(=O)c1c(O)c3c(c(O)c1C2=O)C[C@@](O)(C(C)=O)C[C@@H]3OC1CC(N(CC#N)CC(=O)O)C(O)C(C)O1. The van der Waals surface area contributed by atoms with Crippen molar-refractivity contribution >= 4 is 23.3 Å². The molecule has 1 aliphatic heterocycles. The first-order chi connectivity index (χ1) is 21.2. The summed E-state index contributed by atoms with van der Waals surface area (Å²) in [5.74, 6) is -4.82. The van der Waals surface area contributed by atoms with Crippen LogP contribution < -0.4 is 4.74 Å². The average molecular weight is 625 g/mol. The molecule has 0 radical (unpaired) electrons. The van der Waals surface area contributed by atoms with Crippen LogP contribution >= 0.6 is 0 Å². The van der Waals surface area contributed by atoms with E-state index < -0.39 is 102 Å². The lowest BCUT2D eigenvalue weighted by Crippen LogP contribution is -2.56. The maximum Gasteiger partial charge on any atom is 0.317 e. The zero-order valence-electron chi connectivity index (χ0n) is 24.6. The number of aliphatic carboxylic acids is 1. The van der Waals surface area contributed by atoms with Gasteiger partial charge in [-0.15, -0.1) is 0 Å². The maximum atomic E-state index is 13.8. The molecule has 5 N–H and O–H groups in total. The second kappa shape index (κ2) is 11.8. The largest absolute Gasteiger partial charge is 0.507 e. The molecule has 1 saturated heterocycles. The van der Waals surface area contributed by atoms with Gasteiger partial charge in [0.1, 0.15) is 22.8 Å². The smallest absolute Gasteiger partial charge is 0.317 e. The Kier molecular flexibility index (Phi) is 8.43. The van der Waals surface area contributed by atoms with Gasteiger partial charge in [0.15, 0.2) is 17.9 Å². The summed E-state index contributed by atoms with van der Waals surface area (Å²) in [6.07, 6.45) is -5.87. The van der Waals surface area contributed by atoms with Crippen molar-refractivity contribution < 1.29 is 58.9 Å². The number of hydrogen-bond donors (Lipinski definition) is 5. The Morgan fingerprint density at radius 1 is 1.16 bits per heavy atom. The van der Waals surface area contributed by atoms with Crippen LogP contribution in [0, 0.1) is 11.3 Å². The Hall–Kier alpha value is -4.39. The highest BCUT2D eigenvalue weighted by molar-refractivity contribution is 6.31. The highest BCUT2D eigenvalue weighted by Crippen LogP contribution is 2.52. The van der Waals surface area contributed by atoms with E-state index >= 15 is 0 Å². The number of carbonyl (C=O) groups excluding carboxylic acids is 3. The number of phenolic OH excluding ortho intramolecular Hbond substituents is 2. The fourth-order valence-corrected chi connectivity index (χ4v) is 6.52. The standard InChI is InChI=1S/C31H32N2O12/c1-13-26(37)17(33(8-7-32)12-20(35)36)9-21(44-13)45-19-11-31(42,14(2)34)10-16-23(19)30(41)25-24(28(16)39)27(38)15-5-4-6-18(43-3)22(15)29(25)40/h4-6,13,17,19,21,26,37,39,41-42H,8-12H2,1-3H3,(H,35,36)/t13?,17?,19-,21?,26?,31-/m0/s1. The van der Waals surface area contributed by atoms with E-state index in [1.165, 1.54) is 37.1 Å². The number of carboxylic acids is 1. The number of ketones is 3. The molecule has 14 nitrogen and oxygen atoms in total. The first kappa shape index (κ1) is 32.0. The molecule has 2 aromatic rings. The van der Waals surface area contributed by atoms with E-state index in [1.54, 1.807) is 0 Å². The molecule has 0 spiro atoms. The van der Waals surface area contributed by atoms with E-state index in [1.807, 2.05) is 6.07 Å². The first-order valence-electron chi connectivity index (χ1n) is 14.2. The summed E-state index contributed by atoms with van der Waals surface area (Å²) in [5.41, 5.74) is -3.60. The number of carboxylic acid groups (broad SMARTS) is 1. The maximum absolute atomic E-state index is 13.8. The van der Waals surface area contributed by atoms with Crippen LogP contribution in [0.2, 0.25) is 0 Å². The number of rotatable bonds is 8. The van der Waals surface area contributed by atoms with Crippen LogP contribution in [0.15, 0.2) is 18.2 Å². The van der Waals surface area contributed by atoms with Crippen LogP contribution in [0.3, 0.4) is 0 Å². The molecule has 1 fully saturated rings. The van der Waals surface area contributed by atoms with Crippen molar-refractivity contribution in [2.75, 3.05) is 20.2 Å². The predicted molar refractivity (Wildman–Crippen MR) is 151 cm³/mol. The minimum atomic E-state index is -2.12. The van der Waals surface area contributed by atoms with Gasteiger partial charge in [-0.05, 0) is 19.9 Å². The average Bonchev–Trinajstić information content (AvgIpc) is 2.98. The molecule has 2 aromatic carbocycles. The van der Waals surface area contributed by atoms with E-state index in [4.69, 9.17) is 14.2 Å². The molecule has 2 aliphatic carbocycles. The number of benzene rings is 2. The first-order valence-corrected chi connectivity index (χ1v) is 14.2. The Labute approximate surface area is 257 Å². The predicted octanol–water partition coefficient (Wildman–Crippen LogP) is 0.980. The summed E-state index contributed by atoms with van der Waals surface area (Å²) in [5, 5.41) is 63.9. The van der Waals surface area contributed by atoms with E-state index in [9.17, 15) is 50.0 Å². The number of fused-ring (bicyclic) bond motifs is 3. The minimum Gasteiger partial charge on any atom is -0.507 e. The molecular formula is C31H32N2O12. The molecule has 14 heteroatoms. The molecule has 3 aliphatic rings. The van der Waals surface area contributed by atoms with Gasteiger partial charge in [0.05, 0.1) is 61.3 Å². The molecule has 6 atom stereocenters. The van der Waals surface area contributed by atoms with Crippen molar-refractivity contribution in [1.82, 2.24) is 4.90 Å². The van der Waals surface area contributed by atoms with Crippen LogP contribution in [0.1, 0.15) is 75.8 Å². The molecule has 238 valence electrons. The lowest BCUT2D eigenvalue weighted by atomic mass is 9.72. The molecule has 0 amide bonds. The molecule has 4 unspecified atom stereocenters. The van der Waals surface area contributed by atoms with Gasteiger partial charge in [-0.3, -0.25) is 24.1 Å². The normalized spacial score (nSPS) is 27.3. The summed E-state index contributed by atoms with van der Waals surface area (Å²) < 4.78 is 17.3. The Balaban J connectivity index is 1.61. The molecule has 5 rings (SSSR count). The molecular weight excluding hydrogens is 592 g/mol. The number of aliphatic hydroxyl groups excluding tert-OH is 1. The van der Waals surface area contributed by atoms with E-state index in [2.05, 4.69) is 0 Å². The molecule has 0 aromatic heterocycles. The number of hydrogen-bond acceptors (Lipinski definition) is 13. The number of phenols is 2. The number of carbonyl (C=O) groups is 4. The molecule has 0 bridgehead atoms. The third kappa shape index (κ3) is 5.32. The van der Waals surface area contributed by atoms with Crippen molar-refractivity contribution in [3.05, 3.63) is 51.6 Å². The van der Waals surface area contributed by atoms with Crippen LogP contribution in [0.4, 0.5) is 0 Å². The summed E-state index contributed by atoms with van der Waals surface area (Å²) in [4.78, 5) is 52.8. The van der Waals surface area contributed by atoms with E-state index in [0.29, 0.717) is 0 Å². The van der Waals surface area contributed by atoms with Crippen LogP contribution in [0.25, 0.3) is 0 Å². The van der Waals surface area contributed by atoms with Crippen LogP contribution in [0.5, 0.6) is 17.2 Å². The molecule has 45 heavy (non-hydrogen) atoms. The fourth-order valence-electron chi connectivity index (χ4n) is 6.52. The quantitative estimate of drug-likeness (QED) is 0.174. The van der Waals surface area contributed by atoms with Crippen molar-refractivity contribution in [1.29, 1.82) is 5.26 Å². The zero-order chi connectivity index (χ0) is 33.0. The third-order valence-corrected chi connectivity index (χ3v) is 8.80. The van der Waals surface area contributed by atoms with Crippen molar-refractivity contribution in [2.45, 2.75) is 69.4 Å². The van der Waals surface area contributed by atoms with Gasteiger partial charge >= 0.3 is 5.97 Å². The third-order valence-electron chi connectivity index (χ3n) is 8.80. The molecule has 1 heterocycles. The lowest BCUT2D eigenvalue weighted by molar-refractivity contribution is -0.258. The van der Waals surface area contributed by atoms with E-state index in [-0.39, 0.29) is 41.0 Å². The van der Waals surface area contributed by atoms with Gasteiger partial charge < -0.3 is 39.7 Å². The van der Waals surface area contributed by atoms with Gasteiger partial charge in [0.25, 0.3) is 0 Å². The van der Waals surface area contributed by atoms with Crippen molar-refractivity contribution in [2.24, 2.45) is 0 Å². The van der Waals surface area contributed by atoms with Gasteiger partial charge in [-0.2, -0.15) is 5.26 Å². The van der Waals surface area contributed by atoms with Crippen molar-refractivity contribution in [3.8, 4) is 23.3 Å². The van der Waals surface area contributed by atoms with Crippen LogP contribution in [-0.4, -0.2) is 104 Å². The Bertz CT molecular complexity index is 1650. The number of aliphatic hydroxyl groups is 2. The van der Waals surface area contributed by atoms with Crippen molar-refractivity contribution in [3.63, 3.8) is 0 Å². The summed E-state index contributed by atoms with van der Waals surface area (Å²) in [6, 6.07) is 5.29. The number of nitriles is 1. The summed E-state index contributed by atoms with van der Waals surface area (Å²) in [7, 11) is 1.31. The fraction of sp³-hybridized carbons (Fsp3) is 0.452. The van der Waals surface area contributed by atoms with Gasteiger partial charge in [-0.25, -0.2) is 0 Å². The number of ether oxygens (including phenoxy) is 3. The summed E-state index contributed by atoms with van der Waals surface area (Å²) >= 11 is 0. The zero-order valence-corrected chi connectivity index (χ0v) is 24.6. The monoisotopic (exact) mass is 624 g/mol. The number of nitrogens with zero attached hydrogens (tertiary/aromatic N) is 2. The number of aromatic hydroxyl groups is 2. The molecule has 0 saturated carbocycles. The second-order valence-electron chi connectivity index (χ2n) is 11.5. The Morgan fingerprint density at radius 2 is 1.84 bits per heavy atom. The second-order valence-corrected chi connectivity index (χ2v) is 11.5. The van der Waals surface area contributed by atoms with Gasteiger partial charge in [0, 0.05) is 42.0 Å². The topological polar surface area (TPSA) is 224 Å². The van der Waals surface area contributed by atoms with Crippen LogP contribution in [-0.2, 0) is 25.5 Å². The van der Waals surface area contributed by atoms with E-state index in [0.717, 1.165) is 6.92 Å². The minimum absolute atomic E-state index is 0.0654. The number of methoxy groups -OCH3 is 1. The highest BCUT2D eigenvalue weighted by atomic mass is 16.7. The van der Waals surface area contributed by atoms with Gasteiger partial charge in [-0.1, -0.05) is 12.1 Å². The number of Topliss-reactive ketones (excluding diaryl/α,β-unsaturated/α-hetero) is 1. The highest BCUT2D eigenvalue weighted by Gasteiger charge is 2.50. The Morgan fingerprint density at radius 3 is 2.47 bits per heavy atom.